The number of amides is 2. The summed E-state index contributed by atoms with van der Waals surface area (Å²) in [6, 6.07) is -0.0275. The second-order valence-electron chi connectivity index (χ2n) is 6.18. The van der Waals surface area contributed by atoms with Crippen LogP contribution in [0, 0.1) is 17.8 Å². The summed E-state index contributed by atoms with van der Waals surface area (Å²) in [5.41, 5.74) is 0. The molecule has 2 rings (SSSR count). The SMILES string of the molecule is CC1CCC(CNC(=O)N2CC(CC(=O)O)C2)CC1. The number of carboxylic acids is 1. The molecule has 0 radical (unpaired) electrons. The molecule has 5 heteroatoms. The Morgan fingerprint density at radius 3 is 2.37 bits per heavy atom. The topological polar surface area (TPSA) is 69.6 Å². The maximum Gasteiger partial charge on any atom is 0.317 e. The summed E-state index contributed by atoms with van der Waals surface area (Å²) >= 11 is 0. The first-order valence-electron chi connectivity index (χ1n) is 7.29. The van der Waals surface area contributed by atoms with Gasteiger partial charge in [-0.25, -0.2) is 4.79 Å². The van der Waals surface area contributed by atoms with Gasteiger partial charge in [0.2, 0.25) is 0 Å². The molecule has 1 saturated carbocycles. The maximum absolute atomic E-state index is 11.8. The highest BCUT2D eigenvalue weighted by atomic mass is 16.4. The van der Waals surface area contributed by atoms with Gasteiger partial charge in [0.1, 0.15) is 0 Å². The molecule has 1 saturated heterocycles. The highest BCUT2D eigenvalue weighted by Gasteiger charge is 2.32. The van der Waals surface area contributed by atoms with E-state index in [2.05, 4.69) is 12.2 Å². The normalized spacial score (nSPS) is 27.7. The third kappa shape index (κ3) is 4.11. The lowest BCUT2D eigenvalue weighted by atomic mass is 9.83. The first-order chi connectivity index (χ1) is 9.04. The maximum atomic E-state index is 11.8. The van der Waals surface area contributed by atoms with Gasteiger partial charge in [-0.05, 0) is 24.7 Å². The summed E-state index contributed by atoms with van der Waals surface area (Å²) < 4.78 is 0. The molecule has 0 aromatic rings. The lowest BCUT2D eigenvalue weighted by Crippen LogP contribution is -2.54. The average molecular weight is 268 g/mol. The Labute approximate surface area is 114 Å². The van der Waals surface area contributed by atoms with E-state index >= 15 is 0 Å². The summed E-state index contributed by atoms with van der Waals surface area (Å²) in [6.45, 7) is 4.22. The Bertz CT molecular complexity index is 332. The van der Waals surface area contributed by atoms with E-state index in [1.54, 1.807) is 4.90 Å². The Morgan fingerprint density at radius 2 is 1.79 bits per heavy atom. The third-order valence-corrected chi connectivity index (χ3v) is 4.39. The van der Waals surface area contributed by atoms with Crippen molar-refractivity contribution >= 4 is 12.0 Å². The molecule has 0 aromatic carbocycles. The number of aliphatic carboxylic acids is 1. The molecular formula is C14H24N2O3. The van der Waals surface area contributed by atoms with Gasteiger partial charge in [-0.3, -0.25) is 4.79 Å². The van der Waals surface area contributed by atoms with Crippen molar-refractivity contribution in [3.05, 3.63) is 0 Å². The number of urea groups is 1. The van der Waals surface area contributed by atoms with Gasteiger partial charge in [0.15, 0.2) is 0 Å². The van der Waals surface area contributed by atoms with E-state index < -0.39 is 5.97 Å². The number of carbonyl (C=O) groups excluding carboxylic acids is 1. The predicted molar refractivity (Wildman–Crippen MR) is 71.8 cm³/mol. The molecule has 108 valence electrons. The molecule has 2 aliphatic rings. The molecular weight excluding hydrogens is 244 g/mol. The van der Waals surface area contributed by atoms with Gasteiger partial charge >= 0.3 is 12.0 Å². The van der Waals surface area contributed by atoms with Crippen LogP contribution in [0.1, 0.15) is 39.0 Å². The van der Waals surface area contributed by atoms with Crippen LogP contribution in [0.2, 0.25) is 0 Å². The van der Waals surface area contributed by atoms with Gasteiger partial charge in [0.05, 0.1) is 6.42 Å². The summed E-state index contributed by atoms with van der Waals surface area (Å²) in [5, 5.41) is 11.6. The van der Waals surface area contributed by atoms with Crippen LogP contribution in [0.15, 0.2) is 0 Å². The summed E-state index contributed by atoms with van der Waals surface area (Å²) in [5.74, 6) is 0.815. The lowest BCUT2D eigenvalue weighted by Gasteiger charge is -2.38. The van der Waals surface area contributed by atoms with Crippen LogP contribution < -0.4 is 5.32 Å². The predicted octanol–water partition coefficient (Wildman–Crippen LogP) is 1.93. The molecule has 1 aliphatic carbocycles. The minimum absolute atomic E-state index is 0.0275. The second kappa shape index (κ2) is 6.26. The van der Waals surface area contributed by atoms with E-state index in [1.165, 1.54) is 25.7 Å². The Balaban J connectivity index is 1.59. The van der Waals surface area contributed by atoms with Crippen molar-refractivity contribution in [2.75, 3.05) is 19.6 Å². The van der Waals surface area contributed by atoms with E-state index in [9.17, 15) is 9.59 Å². The van der Waals surface area contributed by atoms with Crippen LogP contribution in [-0.4, -0.2) is 41.6 Å². The molecule has 0 unspecified atom stereocenters. The molecule has 5 nitrogen and oxygen atoms in total. The van der Waals surface area contributed by atoms with Crippen molar-refractivity contribution in [2.45, 2.75) is 39.0 Å². The average Bonchev–Trinajstić information content (AvgIpc) is 2.32. The molecule has 1 aliphatic heterocycles. The van der Waals surface area contributed by atoms with E-state index in [1.807, 2.05) is 0 Å². The van der Waals surface area contributed by atoms with Gasteiger partial charge < -0.3 is 15.3 Å². The van der Waals surface area contributed by atoms with Crippen LogP contribution >= 0.6 is 0 Å². The molecule has 0 bridgehead atoms. The quantitative estimate of drug-likeness (QED) is 0.818. The zero-order chi connectivity index (χ0) is 13.8. The first kappa shape index (κ1) is 14.2. The number of nitrogens with zero attached hydrogens (tertiary/aromatic N) is 1. The fraction of sp³-hybridized carbons (Fsp3) is 0.857. The lowest BCUT2D eigenvalue weighted by molar-refractivity contribution is -0.139. The van der Waals surface area contributed by atoms with Crippen LogP contribution in [0.25, 0.3) is 0 Å². The van der Waals surface area contributed by atoms with Crippen molar-refractivity contribution in [2.24, 2.45) is 17.8 Å². The Morgan fingerprint density at radius 1 is 1.16 bits per heavy atom. The summed E-state index contributed by atoms with van der Waals surface area (Å²) in [7, 11) is 0. The number of carboxylic acid groups (broad SMARTS) is 1. The fourth-order valence-corrected chi connectivity index (χ4v) is 2.99. The van der Waals surface area contributed by atoms with Crippen molar-refractivity contribution in [1.82, 2.24) is 10.2 Å². The van der Waals surface area contributed by atoms with Gasteiger partial charge in [0, 0.05) is 25.6 Å². The highest BCUT2D eigenvalue weighted by molar-refractivity contribution is 5.75. The number of rotatable bonds is 4. The van der Waals surface area contributed by atoms with Crippen molar-refractivity contribution in [3.63, 3.8) is 0 Å². The fourth-order valence-electron chi connectivity index (χ4n) is 2.99. The van der Waals surface area contributed by atoms with E-state index in [0.29, 0.717) is 19.0 Å². The molecule has 2 N–H and O–H groups in total. The van der Waals surface area contributed by atoms with E-state index in [0.717, 1.165) is 12.5 Å². The monoisotopic (exact) mass is 268 g/mol. The second-order valence-corrected chi connectivity index (χ2v) is 6.18. The number of nitrogens with one attached hydrogen (secondary N) is 1. The Hall–Kier alpha value is -1.26. The molecule has 0 aromatic heterocycles. The first-order valence-corrected chi connectivity index (χ1v) is 7.29. The summed E-state index contributed by atoms with van der Waals surface area (Å²) in [4.78, 5) is 24.1. The number of hydrogen-bond acceptors (Lipinski definition) is 2. The Kier molecular flexibility index (Phi) is 4.66. The standard InChI is InChI=1S/C14H24N2O3/c1-10-2-4-11(5-3-10)7-15-14(19)16-8-12(9-16)6-13(17)18/h10-12H,2-9H2,1H3,(H,15,19)(H,17,18). The molecule has 2 fully saturated rings. The van der Waals surface area contributed by atoms with Crippen LogP contribution in [0.4, 0.5) is 4.79 Å². The van der Waals surface area contributed by atoms with Crippen LogP contribution in [0.3, 0.4) is 0 Å². The third-order valence-electron chi connectivity index (χ3n) is 4.39. The van der Waals surface area contributed by atoms with Crippen LogP contribution in [0.5, 0.6) is 0 Å². The minimum atomic E-state index is -0.776. The molecule has 0 spiro atoms. The number of hydrogen-bond donors (Lipinski definition) is 2. The largest absolute Gasteiger partial charge is 0.481 e. The van der Waals surface area contributed by atoms with Gasteiger partial charge in [0.25, 0.3) is 0 Å². The van der Waals surface area contributed by atoms with Gasteiger partial charge in [-0.2, -0.15) is 0 Å². The number of likely N-dealkylation sites (tertiary alicyclic amines) is 1. The van der Waals surface area contributed by atoms with E-state index in [4.69, 9.17) is 5.11 Å². The molecule has 0 atom stereocenters. The zero-order valence-corrected chi connectivity index (χ0v) is 11.6. The van der Waals surface area contributed by atoms with Gasteiger partial charge in [-0.15, -0.1) is 0 Å². The molecule has 2 amide bonds. The van der Waals surface area contributed by atoms with Crippen molar-refractivity contribution in [3.8, 4) is 0 Å². The summed E-state index contributed by atoms with van der Waals surface area (Å²) in [6.07, 6.45) is 5.13. The van der Waals surface area contributed by atoms with Crippen LogP contribution in [-0.2, 0) is 4.79 Å². The smallest absolute Gasteiger partial charge is 0.317 e. The number of carbonyl (C=O) groups is 2. The van der Waals surface area contributed by atoms with Crippen molar-refractivity contribution in [1.29, 1.82) is 0 Å². The molecule has 1 heterocycles. The van der Waals surface area contributed by atoms with Crippen molar-refractivity contribution < 1.29 is 14.7 Å². The highest BCUT2D eigenvalue weighted by Crippen LogP contribution is 2.27. The molecule has 19 heavy (non-hydrogen) atoms. The minimum Gasteiger partial charge on any atom is -0.481 e. The zero-order valence-electron chi connectivity index (χ0n) is 11.6. The van der Waals surface area contributed by atoms with Gasteiger partial charge in [-0.1, -0.05) is 19.8 Å². The van der Waals surface area contributed by atoms with E-state index in [-0.39, 0.29) is 18.4 Å².